The predicted molar refractivity (Wildman–Crippen MR) is 243 cm³/mol. The fourth-order valence-corrected chi connectivity index (χ4v) is 9.93. The van der Waals surface area contributed by atoms with E-state index in [0.717, 1.165) is 11.4 Å². The van der Waals surface area contributed by atoms with Crippen molar-refractivity contribution in [1.82, 2.24) is 0 Å². The number of thiophene rings is 1. The van der Waals surface area contributed by atoms with Crippen LogP contribution in [0, 0.1) is 0 Å². The van der Waals surface area contributed by atoms with Crippen molar-refractivity contribution in [1.29, 1.82) is 0 Å². The van der Waals surface area contributed by atoms with E-state index in [1.165, 1.54) is 91.6 Å². The molecule has 0 saturated heterocycles. The Morgan fingerprint density at radius 3 is 1.62 bits per heavy atom. The molecule has 0 amide bonds. The summed E-state index contributed by atoms with van der Waals surface area (Å²) in [5, 5.41) is 10.2. The first kappa shape index (κ1) is 32.4. The molecule has 0 bridgehead atoms. The second kappa shape index (κ2) is 13.4. The van der Waals surface area contributed by atoms with Gasteiger partial charge in [0.25, 0.3) is 0 Å². The maximum absolute atomic E-state index is 2.46. The lowest BCUT2D eigenvalue weighted by Gasteiger charge is -2.27. The zero-order chi connectivity index (χ0) is 37.0. The third-order valence-corrected chi connectivity index (χ3v) is 12.5. The van der Waals surface area contributed by atoms with Gasteiger partial charge in [0, 0.05) is 26.8 Å². The molecular weight excluding hydrogens is 695 g/mol. The van der Waals surface area contributed by atoms with Crippen molar-refractivity contribution in [2.75, 3.05) is 4.90 Å². The number of rotatable bonds is 6. The first-order chi connectivity index (χ1) is 27.8. The number of anilines is 3. The van der Waals surface area contributed by atoms with Crippen molar-refractivity contribution >= 4 is 80.9 Å². The number of benzene rings is 10. The van der Waals surface area contributed by atoms with Crippen LogP contribution >= 0.6 is 11.3 Å². The summed E-state index contributed by atoms with van der Waals surface area (Å²) in [6.07, 6.45) is 0. The van der Waals surface area contributed by atoms with Crippen molar-refractivity contribution in [3.63, 3.8) is 0 Å². The van der Waals surface area contributed by atoms with Gasteiger partial charge in [-0.25, -0.2) is 0 Å². The van der Waals surface area contributed by atoms with E-state index in [0.29, 0.717) is 0 Å². The van der Waals surface area contributed by atoms with Gasteiger partial charge in [-0.1, -0.05) is 176 Å². The van der Waals surface area contributed by atoms with Crippen LogP contribution in [0.25, 0.3) is 85.9 Å². The Hall–Kier alpha value is -7.00. The van der Waals surface area contributed by atoms with Crippen LogP contribution < -0.4 is 4.90 Å². The highest BCUT2D eigenvalue weighted by atomic mass is 32.1. The van der Waals surface area contributed by atoms with Crippen LogP contribution in [0.2, 0.25) is 0 Å². The van der Waals surface area contributed by atoms with Gasteiger partial charge in [0.15, 0.2) is 0 Å². The summed E-state index contributed by atoms with van der Waals surface area (Å²) in [4.78, 5) is 2.46. The molecule has 0 aliphatic heterocycles. The van der Waals surface area contributed by atoms with E-state index in [4.69, 9.17) is 0 Å². The molecule has 0 aliphatic carbocycles. The van der Waals surface area contributed by atoms with Crippen molar-refractivity contribution in [2.45, 2.75) is 0 Å². The van der Waals surface area contributed by atoms with Gasteiger partial charge in [-0.15, -0.1) is 11.3 Å². The fourth-order valence-electron chi connectivity index (χ4n) is 8.60. The second-order valence-electron chi connectivity index (χ2n) is 14.5. The Labute approximate surface area is 330 Å². The summed E-state index contributed by atoms with van der Waals surface area (Å²) < 4.78 is 2.60. The van der Waals surface area contributed by atoms with Crippen LogP contribution in [-0.2, 0) is 0 Å². The molecular formula is C54H35NS. The van der Waals surface area contributed by atoms with Crippen molar-refractivity contribution in [2.24, 2.45) is 0 Å². The van der Waals surface area contributed by atoms with Crippen LogP contribution in [0.3, 0.4) is 0 Å². The number of hydrogen-bond donors (Lipinski definition) is 0. The van der Waals surface area contributed by atoms with E-state index in [-0.39, 0.29) is 0 Å². The largest absolute Gasteiger partial charge is 0.309 e. The first-order valence-electron chi connectivity index (χ1n) is 19.2. The van der Waals surface area contributed by atoms with Gasteiger partial charge in [-0.2, -0.15) is 0 Å². The molecule has 0 aliphatic rings. The molecule has 1 aromatic heterocycles. The normalized spacial score (nSPS) is 11.6. The average molecular weight is 730 g/mol. The highest BCUT2D eigenvalue weighted by Gasteiger charge is 2.21. The Balaban J connectivity index is 1.14. The summed E-state index contributed by atoms with van der Waals surface area (Å²) in [5.74, 6) is 0. The zero-order valence-corrected chi connectivity index (χ0v) is 31.4. The average Bonchev–Trinajstić information content (AvgIpc) is 3.67. The van der Waals surface area contributed by atoms with Crippen molar-refractivity contribution < 1.29 is 0 Å². The van der Waals surface area contributed by atoms with Gasteiger partial charge in [0.1, 0.15) is 0 Å². The Morgan fingerprint density at radius 1 is 0.286 bits per heavy atom. The van der Waals surface area contributed by atoms with Gasteiger partial charge < -0.3 is 4.90 Å². The highest BCUT2D eigenvalue weighted by molar-refractivity contribution is 7.27. The molecule has 0 unspecified atom stereocenters. The van der Waals surface area contributed by atoms with Crippen molar-refractivity contribution in [3.05, 3.63) is 212 Å². The van der Waals surface area contributed by atoms with Gasteiger partial charge >= 0.3 is 0 Å². The number of fused-ring (bicyclic) bond motifs is 8. The quantitative estimate of drug-likeness (QED) is 0.154. The van der Waals surface area contributed by atoms with E-state index in [9.17, 15) is 0 Å². The van der Waals surface area contributed by atoms with Crippen molar-refractivity contribution in [3.8, 4) is 33.4 Å². The van der Waals surface area contributed by atoms with Crippen LogP contribution in [-0.4, -0.2) is 0 Å². The van der Waals surface area contributed by atoms with E-state index in [2.05, 4.69) is 217 Å². The summed E-state index contributed by atoms with van der Waals surface area (Å²) in [7, 11) is 0. The van der Waals surface area contributed by atoms with Crippen LogP contribution in [0.15, 0.2) is 212 Å². The lowest BCUT2D eigenvalue weighted by molar-refractivity contribution is 1.30. The smallest absolute Gasteiger partial charge is 0.0640 e. The molecule has 0 saturated carbocycles. The summed E-state index contributed by atoms with van der Waals surface area (Å²) >= 11 is 1.90. The molecule has 1 heterocycles. The van der Waals surface area contributed by atoms with Gasteiger partial charge in [-0.3, -0.25) is 0 Å². The zero-order valence-electron chi connectivity index (χ0n) is 30.6. The minimum Gasteiger partial charge on any atom is -0.309 e. The summed E-state index contributed by atoms with van der Waals surface area (Å²) in [6, 6.07) is 77.7. The molecule has 0 fully saturated rings. The lowest BCUT2D eigenvalue weighted by Crippen LogP contribution is -2.10. The molecule has 0 N–H and O–H groups in total. The van der Waals surface area contributed by atoms with E-state index in [1.54, 1.807) is 0 Å². The molecule has 1 nitrogen and oxygen atoms in total. The van der Waals surface area contributed by atoms with Crippen LogP contribution in [0.4, 0.5) is 17.1 Å². The Kier molecular flexibility index (Phi) is 7.75. The number of nitrogens with zero attached hydrogens (tertiary/aromatic N) is 1. The van der Waals surface area contributed by atoms with E-state index >= 15 is 0 Å². The Bertz CT molecular complexity index is 3230. The molecule has 10 aromatic carbocycles. The van der Waals surface area contributed by atoms with E-state index < -0.39 is 0 Å². The van der Waals surface area contributed by atoms with Gasteiger partial charge in [0.05, 0.1) is 10.4 Å². The van der Waals surface area contributed by atoms with Gasteiger partial charge in [-0.05, 0) is 102 Å². The fraction of sp³-hybridized carbons (Fsp3) is 0. The highest BCUT2D eigenvalue weighted by Crippen LogP contribution is 2.48. The van der Waals surface area contributed by atoms with Crippen LogP contribution in [0.5, 0.6) is 0 Å². The molecule has 56 heavy (non-hydrogen) atoms. The summed E-state index contributed by atoms with van der Waals surface area (Å²) in [6.45, 7) is 0. The minimum atomic E-state index is 1.11. The maximum atomic E-state index is 2.46. The van der Waals surface area contributed by atoms with Crippen LogP contribution in [0.1, 0.15) is 0 Å². The third kappa shape index (κ3) is 5.38. The second-order valence-corrected chi connectivity index (χ2v) is 15.5. The first-order valence-corrected chi connectivity index (χ1v) is 20.0. The third-order valence-electron chi connectivity index (χ3n) is 11.2. The maximum Gasteiger partial charge on any atom is 0.0640 e. The topological polar surface area (TPSA) is 3.24 Å². The molecule has 0 atom stereocenters. The monoisotopic (exact) mass is 729 g/mol. The lowest BCUT2D eigenvalue weighted by atomic mass is 9.93. The molecule has 262 valence electrons. The molecule has 11 rings (SSSR count). The molecule has 2 heteroatoms. The minimum absolute atomic E-state index is 1.11. The van der Waals surface area contributed by atoms with E-state index in [1.807, 2.05) is 11.3 Å². The molecule has 11 aromatic rings. The Morgan fingerprint density at radius 2 is 0.857 bits per heavy atom. The summed E-state index contributed by atoms with van der Waals surface area (Å²) in [5.41, 5.74) is 10.7. The predicted octanol–water partition coefficient (Wildman–Crippen LogP) is 16.0. The SMILES string of the molecule is c1ccc(-c2ccc(N(c3ccc(-c4cc5ccccc5c5ccccc45)cc3)c3cccc4c3sc3c5ccccc5ccc43)cc2-c2ccccc2)cc1. The molecule has 0 spiro atoms. The number of hydrogen-bond acceptors (Lipinski definition) is 2. The molecule has 0 radical (unpaired) electrons. The van der Waals surface area contributed by atoms with Gasteiger partial charge in [0.2, 0.25) is 0 Å². The standard InChI is InChI=1S/C54H35NS/c1-3-14-36(15-4-1)44-33-31-42(35-51(44)37-16-5-2-6-17-37)55(52-25-13-24-48-49-32-28-38-18-7-10-21-45(38)53(49)56-54(48)52)41-29-26-39(27-30-41)50-34-40-19-8-9-20-43(40)46-22-11-12-23-47(46)50/h1-35H.